The molecule has 26 heavy (non-hydrogen) atoms. The zero-order chi connectivity index (χ0) is 18.6. The van der Waals surface area contributed by atoms with Gasteiger partial charge in [-0.05, 0) is 18.6 Å². The number of nitrogens with zero attached hydrogens (tertiary/aromatic N) is 2. The van der Waals surface area contributed by atoms with Crippen LogP contribution in [0, 0.1) is 0 Å². The predicted octanol–water partition coefficient (Wildman–Crippen LogP) is 1.81. The molecule has 0 bridgehead atoms. The molecular formula is C20H28N2O4. The fourth-order valence-corrected chi connectivity index (χ4v) is 2.72. The van der Waals surface area contributed by atoms with Crippen molar-refractivity contribution in [3.8, 4) is 0 Å². The summed E-state index contributed by atoms with van der Waals surface area (Å²) in [6, 6.07) is 9.69. The molecule has 142 valence electrons. The standard InChI is InChI=1S/C20H28N2O4/c1-2-26-20(24)10-11-22(13-12-21-14-16-25-17-15-21)19(23)9-8-18-6-4-3-5-7-18/h3-9H,2,10-17H2,1H3/b9-8+. The van der Waals surface area contributed by atoms with Gasteiger partial charge in [0.15, 0.2) is 0 Å². The van der Waals surface area contributed by atoms with Crippen LogP contribution in [-0.2, 0) is 19.1 Å². The summed E-state index contributed by atoms with van der Waals surface area (Å²) in [5.41, 5.74) is 0.972. The SMILES string of the molecule is CCOC(=O)CCN(CCN1CCOCC1)C(=O)/C=C/c1ccccc1. The maximum absolute atomic E-state index is 12.6. The Labute approximate surface area is 155 Å². The molecule has 0 aromatic heterocycles. The van der Waals surface area contributed by atoms with Crippen LogP contribution >= 0.6 is 0 Å². The number of benzene rings is 1. The molecule has 1 fully saturated rings. The molecule has 0 saturated carbocycles. The molecule has 1 aromatic carbocycles. The van der Waals surface area contributed by atoms with Gasteiger partial charge in [-0.25, -0.2) is 0 Å². The van der Waals surface area contributed by atoms with E-state index in [2.05, 4.69) is 4.90 Å². The van der Waals surface area contributed by atoms with E-state index in [1.807, 2.05) is 30.3 Å². The van der Waals surface area contributed by atoms with Crippen molar-refractivity contribution in [1.29, 1.82) is 0 Å². The molecule has 2 rings (SSSR count). The number of hydrogen-bond donors (Lipinski definition) is 0. The monoisotopic (exact) mass is 360 g/mol. The number of morpholine rings is 1. The molecule has 0 atom stereocenters. The molecule has 6 nitrogen and oxygen atoms in total. The number of amides is 1. The summed E-state index contributed by atoms with van der Waals surface area (Å²) < 4.78 is 10.3. The molecule has 1 amide bonds. The van der Waals surface area contributed by atoms with Gasteiger partial charge in [0, 0.05) is 38.8 Å². The van der Waals surface area contributed by atoms with Gasteiger partial charge in [0.05, 0.1) is 26.2 Å². The van der Waals surface area contributed by atoms with Crippen molar-refractivity contribution in [2.45, 2.75) is 13.3 Å². The van der Waals surface area contributed by atoms with Crippen LogP contribution in [-0.4, -0.2) is 74.2 Å². The lowest BCUT2D eigenvalue weighted by molar-refractivity contribution is -0.143. The topological polar surface area (TPSA) is 59.1 Å². The highest BCUT2D eigenvalue weighted by atomic mass is 16.5. The first-order chi connectivity index (χ1) is 12.7. The Morgan fingerprint density at radius 3 is 2.62 bits per heavy atom. The van der Waals surface area contributed by atoms with E-state index in [1.165, 1.54) is 0 Å². The van der Waals surface area contributed by atoms with Crippen molar-refractivity contribution in [1.82, 2.24) is 9.80 Å². The van der Waals surface area contributed by atoms with Crippen molar-refractivity contribution in [3.05, 3.63) is 42.0 Å². The molecule has 1 heterocycles. The molecule has 1 aliphatic heterocycles. The van der Waals surface area contributed by atoms with Crippen LogP contribution < -0.4 is 0 Å². The number of hydrogen-bond acceptors (Lipinski definition) is 5. The second-order valence-corrected chi connectivity index (χ2v) is 6.08. The number of carbonyl (C=O) groups is 2. The van der Waals surface area contributed by atoms with Gasteiger partial charge in [-0.3, -0.25) is 14.5 Å². The van der Waals surface area contributed by atoms with Gasteiger partial charge in [0.1, 0.15) is 0 Å². The third kappa shape index (κ3) is 7.37. The van der Waals surface area contributed by atoms with Crippen LogP contribution in [0.1, 0.15) is 18.9 Å². The number of rotatable bonds is 9. The van der Waals surface area contributed by atoms with E-state index in [-0.39, 0.29) is 18.3 Å². The minimum atomic E-state index is -0.274. The number of esters is 1. The normalized spacial score (nSPS) is 15.1. The Morgan fingerprint density at radius 1 is 1.19 bits per heavy atom. The minimum Gasteiger partial charge on any atom is -0.466 e. The Bertz CT molecular complexity index is 583. The lowest BCUT2D eigenvalue weighted by atomic mass is 10.2. The van der Waals surface area contributed by atoms with Crippen LogP contribution in [0.25, 0.3) is 6.08 Å². The molecule has 1 aliphatic rings. The zero-order valence-corrected chi connectivity index (χ0v) is 15.4. The third-order valence-electron chi connectivity index (χ3n) is 4.21. The first-order valence-electron chi connectivity index (χ1n) is 9.17. The summed E-state index contributed by atoms with van der Waals surface area (Å²) in [6.07, 6.45) is 3.58. The number of carbonyl (C=O) groups excluding carboxylic acids is 2. The smallest absolute Gasteiger partial charge is 0.307 e. The fraction of sp³-hybridized carbons (Fsp3) is 0.500. The summed E-state index contributed by atoms with van der Waals surface area (Å²) in [4.78, 5) is 28.2. The van der Waals surface area contributed by atoms with Crippen LogP contribution in [0.5, 0.6) is 0 Å². The van der Waals surface area contributed by atoms with Gasteiger partial charge in [-0.2, -0.15) is 0 Å². The largest absolute Gasteiger partial charge is 0.466 e. The van der Waals surface area contributed by atoms with E-state index < -0.39 is 0 Å². The van der Waals surface area contributed by atoms with Crippen molar-refractivity contribution in [3.63, 3.8) is 0 Å². The van der Waals surface area contributed by atoms with Crippen molar-refractivity contribution >= 4 is 18.0 Å². The Balaban J connectivity index is 1.92. The highest BCUT2D eigenvalue weighted by Crippen LogP contribution is 2.04. The predicted molar refractivity (Wildman–Crippen MR) is 101 cm³/mol. The quantitative estimate of drug-likeness (QED) is 0.497. The molecule has 0 N–H and O–H groups in total. The Kier molecular flexibility index (Phi) is 8.86. The molecule has 0 radical (unpaired) electrons. The average Bonchev–Trinajstić information content (AvgIpc) is 2.68. The van der Waals surface area contributed by atoms with E-state index >= 15 is 0 Å². The molecular weight excluding hydrogens is 332 g/mol. The van der Waals surface area contributed by atoms with Crippen LogP contribution in [0.15, 0.2) is 36.4 Å². The van der Waals surface area contributed by atoms with E-state index in [0.29, 0.717) is 19.7 Å². The zero-order valence-electron chi connectivity index (χ0n) is 15.4. The molecule has 6 heteroatoms. The second kappa shape index (κ2) is 11.4. The fourth-order valence-electron chi connectivity index (χ4n) is 2.72. The van der Waals surface area contributed by atoms with Crippen molar-refractivity contribution in [2.75, 3.05) is 52.5 Å². The van der Waals surface area contributed by atoms with E-state index in [9.17, 15) is 9.59 Å². The highest BCUT2D eigenvalue weighted by molar-refractivity contribution is 5.92. The van der Waals surface area contributed by atoms with Crippen molar-refractivity contribution in [2.24, 2.45) is 0 Å². The van der Waals surface area contributed by atoms with Gasteiger partial charge in [0.25, 0.3) is 0 Å². The summed E-state index contributed by atoms with van der Waals surface area (Å²) >= 11 is 0. The maximum Gasteiger partial charge on any atom is 0.307 e. The Hall–Kier alpha value is -2.18. The third-order valence-corrected chi connectivity index (χ3v) is 4.21. The summed E-state index contributed by atoms with van der Waals surface area (Å²) in [5, 5.41) is 0. The second-order valence-electron chi connectivity index (χ2n) is 6.08. The number of ether oxygens (including phenoxy) is 2. The Morgan fingerprint density at radius 2 is 1.92 bits per heavy atom. The summed E-state index contributed by atoms with van der Waals surface area (Å²) in [6.45, 7) is 7.06. The molecule has 0 unspecified atom stereocenters. The molecule has 1 aromatic rings. The lowest BCUT2D eigenvalue weighted by Crippen LogP contribution is -2.43. The highest BCUT2D eigenvalue weighted by Gasteiger charge is 2.16. The summed E-state index contributed by atoms with van der Waals surface area (Å²) in [5.74, 6) is -0.366. The van der Waals surface area contributed by atoms with Gasteiger partial charge < -0.3 is 14.4 Å². The van der Waals surface area contributed by atoms with E-state index in [0.717, 1.165) is 38.4 Å². The van der Waals surface area contributed by atoms with Gasteiger partial charge in [-0.15, -0.1) is 0 Å². The first-order valence-corrected chi connectivity index (χ1v) is 9.17. The van der Waals surface area contributed by atoms with Gasteiger partial charge >= 0.3 is 5.97 Å². The van der Waals surface area contributed by atoms with Gasteiger partial charge in [0.2, 0.25) is 5.91 Å². The molecule has 0 aliphatic carbocycles. The van der Waals surface area contributed by atoms with Crippen LogP contribution in [0.3, 0.4) is 0 Å². The average molecular weight is 360 g/mol. The molecule has 0 spiro atoms. The minimum absolute atomic E-state index is 0.0913. The summed E-state index contributed by atoms with van der Waals surface area (Å²) in [7, 11) is 0. The van der Waals surface area contributed by atoms with Crippen LogP contribution in [0.2, 0.25) is 0 Å². The molecule has 1 saturated heterocycles. The maximum atomic E-state index is 12.6. The lowest BCUT2D eigenvalue weighted by Gasteiger charge is -2.29. The van der Waals surface area contributed by atoms with Gasteiger partial charge in [-0.1, -0.05) is 30.3 Å². The van der Waals surface area contributed by atoms with E-state index in [4.69, 9.17) is 9.47 Å². The van der Waals surface area contributed by atoms with Crippen LogP contribution in [0.4, 0.5) is 0 Å². The van der Waals surface area contributed by atoms with Crippen molar-refractivity contribution < 1.29 is 19.1 Å². The van der Waals surface area contributed by atoms with E-state index in [1.54, 1.807) is 24.0 Å². The first kappa shape index (κ1) is 20.1.